The summed E-state index contributed by atoms with van der Waals surface area (Å²) in [5, 5.41) is 12.3. The van der Waals surface area contributed by atoms with Crippen LogP contribution in [0.3, 0.4) is 0 Å². The summed E-state index contributed by atoms with van der Waals surface area (Å²) in [4.78, 5) is 0. The smallest absolute Gasteiger partial charge is 0.261 e. The van der Waals surface area contributed by atoms with E-state index in [9.17, 15) is 5.11 Å². The van der Waals surface area contributed by atoms with Crippen LogP contribution in [-0.2, 0) is 4.43 Å². The largest absolute Gasteiger partial charge is 0.404 e. The summed E-state index contributed by atoms with van der Waals surface area (Å²) in [5.41, 5.74) is 0. The molecule has 0 heterocycles. The number of hydrogen-bond donors (Lipinski definition) is 1. The zero-order valence-electron chi connectivity index (χ0n) is 23.1. The molecule has 0 saturated heterocycles. The fourth-order valence-electron chi connectivity index (χ4n) is 5.38. The third-order valence-electron chi connectivity index (χ3n) is 7.32. The molecule has 2 aromatic rings. The van der Waals surface area contributed by atoms with Crippen molar-refractivity contribution in [3.05, 3.63) is 60.7 Å². The van der Waals surface area contributed by atoms with Crippen molar-refractivity contribution in [1.29, 1.82) is 0 Å². The number of aliphatic hydroxyl groups excluding tert-OH is 1. The molecule has 0 fully saturated rings. The van der Waals surface area contributed by atoms with Gasteiger partial charge >= 0.3 is 0 Å². The Kier molecular flexibility index (Phi) is 13.9. The van der Waals surface area contributed by atoms with Gasteiger partial charge in [-0.05, 0) is 34.7 Å². The molecule has 35 heavy (non-hydrogen) atoms. The Bertz CT molecular complexity index is 730. The molecule has 0 aliphatic rings. The fraction of sp³-hybridized carbons (Fsp3) is 0.625. The van der Waals surface area contributed by atoms with Crippen LogP contribution in [0.2, 0.25) is 5.04 Å². The van der Waals surface area contributed by atoms with E-state index in [1.807, 2.05) is 0 Å². The van der Waals surface area contributed by atoms with Gasteiger partial charge in [-0.15, -0.1) is 0 Å². The minimum absolute atomic E-state index is 0.00898. The zero-order valence-corrected chi connectivity index (χ0v) is 24.1. The van der Waals surface area contributed by atoms with Gasteiger partial charge in [0.25, 0.3) is 8.32 Å². The van der Waals surface area contributed by atoms with Gasteiger partial charge in [0, 0.05) is 12.7 Å². The summed E-state index contributed by atoms with van der Waals surface area (Å²) in [6.07, 6.45) is 16.5. The molecule has 3 heteroatoms. The van der Waals surface area contributed by atoms with Crippen molar-refractivity contribution in [1.82, 2.24) is 0 Å². The predicted molar refractivity (Wildman–Crippen MR) is 155 cm³/mol. The first-order valence-electron chi connectivity index (χ1n) is 14.4. The third kappa shape index (κ3) is 9.52. The highest BCUT2D eigenvalue weighted by Crippen LogP contribution is 2.38. The topological polar surface area (TPSA) is 29.5 Å². The number of unbranched alkanes of at least 4 members (excludes halogenated alkanes) is 9. The maximum Gasteiger partial charge on any atom is 0.261 e. The van der Waals surface area contributed by atoms with Crippen LogP contribution in [0, 0.1) is 0 Å². The lowest BCUT2D eigenvalue weighted by Crippen LogP contribution is -2.67. The van der Waals surface area contributed by atoms with Crippen LogP contribution in [0.15, 0.2) is 60.7 Å². The third-order valence-corrected chi connectivity index (χ3v) is 12.4. The molecule has 196 valence electrons. The lowest BCUT2D eigenvalue weighted by atomic mass is 10.0. The molecule has 0 amide bonds. The highest BCUT2D eigenvalue weighted by Gasteiger charge is 2.51. The molecule has 2 nitrogen and oxygen atoms in total. The Morgan fingerprint density at radius 3 is 1.51 bits per heavy atom. The summed E-state index contributed by atoms with van der Waals surface area (Å²) in [7, 11) is -2.54. The standard InChI is InChI=1S/C32H52O2Si/c1-5-6-7-8-9-10-11-12-13-16-22-29(23-21-28-33)34-35(32(2,3)4,30-24-17-14-18-25-30)31-26-19-15-20-27-31/h14-15,17-20,24-27,29,33H,5-13,16,21-23,28H2,1-4H3. The Hall–Kier alpha value is -1.42. The van der Waals surface area contributed by atoms with E-state index in [-0.39, 0.29) is 17.7 Å². The average molecular weight is 497 g/mol. The number of benzene rings is 2. The molecule has 0 aromatic heterocycles. The van der Waals surface area contributed by atoms with Crippen LogP contribution in [0.1, 0.15) is 111 Å². The molecule has 2 rings (SSSR count). The molecule has 1 unspecified atom stereocenters. The minimum Gasteiger partial charge on any atom is -0.404 e. The summed E-state index contributed by atoms with van der Waals surface area (Å²) in [6.45, 7) is 9.57. The normalized spacial score (nSPS) is 13.2. The van der Waals surface area contributed by atoms with Crippen molar-refractivity contribution in [2.75, 3.05) is 6.61 Å². The Morgan fingerprint density at radius 2 is 1.09 bits per heavy atom. The van der Waals surface area contributed by atoms with Crippen LogP contribution >= 0.6 is 0 Å². The van der Waals surface area contributed by atoms with Crippen molar-refractivity contribution in [3.8, 4) is 0 Å². The molecule has 0 bridgehead atoms. The van der Waals surface area contributed by atoms with Gasteiger partial charge in [-0.25, -0.2) is 0 Å². The van der Waals surface area contributed by atoms with Gasteiger partial charge < -0.3 is 9.53 Å². The van der Waals surface area contributed by atoms with E-state index >= 15 is 0 Å². The van der Waals surface area contributed by atoms with Crippen molar-refractivity contribution >= 4 is 18.7 Å². The quantitative estimate of drug-likeness (QED) is 0.167. The van der Waals surface area contributed by atoms with Crippen molar-refractivity contribution in [2.24, 2.45) is 0 Å². The second-order valence-corrected chi connectivity index (χ2v) is 15.5. The van der Waals surface area contributed by atoms with E-state index in [2.05, 4.69) is 88.4 Å². The van der Waals surface area contributed by atoms with Crippen LogP contribution < -0.4 is 10.4 Å². The van der Waals surface area contributed by atoms with E-state index < -0.39 is 8.32 Å². The van der Waals surface area contributed by atoms with E-state index in [0.717, 1.165) is 19.3 Å². The molecule has 0 aliphatic carbocycles. The van der Waals surface area contributed by atoms with Crippen LogP contribution in [0.5, 0.6) is 0 Å². The van der Waals surface area contributed by atoms with Gasteiger partial charge in [-0.1, -0.05) is 153 Å². The maximum absolute atomic E-state index is 9.61. The molecule has 0 radical (unpaired) electrons. The summed E-state index contributed by atoms with van der Waals surface area (Å²) in [6, 6.07) is 21.9. The van der Waals surface area contributed by atoms with Crippen LogP contribution in [0.4, 0.5) is 0 Å². The first-order chi connectivity index (χ1) is 17.0. The number of hydrogen-bond acceptors (Lipinski definition) is 2. The SMILES string of the molecule is CCCCCCCCCCCCC(CCCO)O[Si](c1ccccc1)(c1ccccc1)C(C)(C)C. The van der Waals surface area contributed by atoms with Gasteiger partial charge in [-0.3, -0.25) is 0 Å². The first-order valence-corrected chi connectivity index (χ1v) is 16.3. The second-order valence-electron chi connectivity index (χ2n) is 11.2. The summed E-state index contributed by atoms with van der Waals surface area (Å²) >= 11 is 0. The van der Waals surface area contributed by atoms with E-state index in [0.29, 0.717) is 0 Å². The van der Waals surface area contributed by atoms with Crippen molar-refractivity contribution in [3.63, 3.8) is 0 Å². The van der Waals surface area contributed by atoms with Gasteiger partial charge in [0.15, 0.2) is 0 Å². The summed E-state index contributed by atoms with van der Waals surface area (Å²) < 4.78 is 7.39. The highest BCUT2D eigenvalue weighted by atomic mass is 28.4. The highest BCUT2D eigenvalue weighted by molar-refractivity contribution is 6.99. The van der Waals surface area contributed by atoms with Gasteiger partial charge in [0.2, 0.25) is 0 Å². The molecule has 1 N–H and O–H groups in total. The number of rotatable bonds is 18. The predicted octanol–water partition coefficient (Wildman–Crippen LogP) is 8.02. The second kappa shape index (κ2) is 16.3. The van der Waals surface area contributed by atoms with Gasteiger partial charge in [0.1, 0.15) is 0 Å². The molecule has 0 saturated carbocycles. The Morgan fingerprint density at radius 1 is 0.657 bits per heavy atom. The zero-order chi connectivity index (χ0) is 25.4. The fourth-order valence-corrected chi connectivity index (χ4v) is 10.1. The molecule has 1 atom stereocenters. The summed E-state index contributed by atoms with van der Waals surface area (Å²) in [5.74, 6) is 0. The van der Waals surface area contributed by atoms with Crippen molar-refractivity contribution < 1.29 is 9.53 Å². The molecule has 0 aliphatic heterocycles. The monoisotopic (exact) mass is 496 g/mol. The lowest BCUT2D eigenvalue weighted by Gasteiger charge is -2.45. The molecular formula is C32H52O2Si. The van der Waals surface area contributed by atoms with Crippen LogP contribution in [0.25, 0.3) is 0 Å². The van der Waals surface area contributed by atoms with Crippen molar-refractivity contribution in [2.45, 2.75) is 122 Å². The minimum atomic E-state index is -2.54. The lowest BCUT2D eigenvalue weighted by molar-refractivity contribution is 0.149. The Balaban J connectivity index is 2.09. The van der Waals surface area contributed by atoms with E-state index in [1.54, 1.807) is 0 Å². The maximum atomic E-state index is 9.61. The number of aliphatic hydroxyl groups is 1. The molecule has 2 aromatic carbocycles. The molecular weight excluding hydrogens is 444 g/mol. The Labute approximate surface area is 217 Å². The molecule has 0 spiro atoms. The van der Waals surface area contributed by atoms with Crippen LogP contribution in [-0.4, -0.2) is 26.1 Å². The van der Waals surface area contributed by atoms with Gasteiger partial charge in [0.05, 0.1) is 0 Å². The van der Waals surface area contributed by atoms with E-state index in [4.69, 9.17) is 4.43 Å². The van der Waals surface area contributed by atoms with E-state index in [1.165, 1.54) is 74.6 Å². The first kappa shape index (κ1) is 29.8. The van der Waals surface area contributed by atoms with Gasteiger partial charge in [-0.2, -0.15) is 0 Å². The average Bonchev–Trinajstić information content (AvgIpc) is 2.86.